The minimum atomic E-state index is -1.26. The van der Waals surface area contributed by atoms with Crippen molar-refractivity contribution in [1.29, 1.82) is 0 Å². The van der Waals surface area contributed by atoms with E-state index >= 15 is 0 Å². The number of cyclic esters (lactones) is 1. The first-order valence-corrected chi connectivity index (χ1v) is 13.1. The van der Waals surface area contributed by atoms with Gasteiger partial charge in [0.1, 0.15) is 18.3 Å². The molecule has 9 atom stereocenters. The lowest BCUT2D eigenvalue weighted by Crippen LogP contribution is -2.66. The van der Waals surface area contributed by atoms with Gasteiger partial charge in [0.25, 0.3) is 0 Å². The lowest BCUT2D eigenvalue weighted by molar-refractivity contribution is -0.234. The van der Waals surface area contributed by atoms with E-state index in [1.54, 1.807) is 12.2 Å². The summed E-state index contributed by atoms with van der Waals surface area (Å²) in [7, 11) is 0. The lowest BCUT2D eigenvalue weighted by Gasteiger charge is -2.58. The third-order valence-corrected chi connectivity index (χ3v) is 9.41. The van der Waals surface area contributed by atoms with Gasteiger partial charge in [-0.2, -0.15) is 0 Å². The van der Waals surface area contributed by atoms with Crippen LogP contribution in [-0.4, -0.2) is 73.0 Å². The van der Waals surface area contributed by atoms with Gasteiger partial charge in [-0.3, -0.25) is 0 Å². The van der Waals surface area contributed by atoms with E-state index in [9.17, 15) is 14.7 Å². The molecule has 1 N–H and O–H groups in total. The quantitative estimate of drug-likeness (QED) is 0.306. The van der Waals surface area contributed by atoms with Crippen molar-refractivity contribution in [3.63, 3.8) is 0 Å². The smallest absolute Gasteiger partial charge is 0.335 e. The monoisotopic (exact) mass is 502 g/mol. The summed E-state index contributed by atoms with van der Waals surface area (Å²) in [6, 6.07) is 0. The van der Waals surface area contributed by atoms with Crippen LogP contribution in [0, 0.1) is 16.7 Å². The predicted molar refractivity (Wildman–Crippen MR) is 130 cm³/mol. The molecule has 2 bridgehead atoms. The summed E-state index contributed by atoms with van der Waals surface area (Å²) in [4.78, 5) is 25.9. The minimum absolute atomic E-state index is 0.0541. The van der Waals surface area contributed by atoms with Crippen molar-refractivity contribution < 1.29 is 38.4 Å². The molecule has 4 unspecified atom stereocenters. The molecule has 36 heavy (non-hydrogen) atoms. The molecule has 2 aliphatic carbocycles. The van der Waals surface area contributed by atoms with Gasteiger partial charge in [0.15, 0.2) is 6.10 Å². The average molecular weight is 503 g/mol. The third kappa shape index (κ3) is 3.97. The Hall–Kier alpha value is -2.00. The fraction of sp³-hybridized carbons (Fsp3) is 0.714. The van der Waals surface area contributed by atoms with Crippen LogP contribution in [0.5, 0.6) is 0 Å². The van der Waals surface area contributed by atoms with Crippen molar-refractivity contribution in [2.45, 2.75) is 89.5 Å². The second kappa shape index (κ2) is 9.39. The predicted octanol–water partition coefficient (Wildman–Crippen LogP) is 3.03. The Morgan fingerprint density at radius 1 is 1.11 bits per heavy atom. The number of rotatable bonds is 0. The van der Waals surface area contributed by atoms with Crippen molar-refractivity contribution in [3.05, 3.63) is 36.0 Å². The van der Waals surface area contributed by atoms with Gasteiger partial charge in [-0.1, -0.05) is 43.7 Å². The van der Waals surface area contributed by atoms with Crippen molar-refractivity contribution in [2.24, 2.45) is 16.7 Å². The molecule has 3 fully saturated rings. The number of hydrogen-bond donors (Lipinski definition) is 1. The fourth-order valence-electron chi connectivity index (χ4n) is 6.84. The van der Waals surface area contributed by atoms with Crippen LogP contribution in [0.3, 0.4) is 0 Å². The van der Waals surface area contributed by atoms with E-state index < -0.39 is 40.6 Å². The largest absolute Gasteiger partial charge is 0.463 e. The Morgan fingerprint density at radius 3 is 2.64 bits per heavy atom. The second-order valence-corrected chi connectivity index (χ2v) is 11.4. The molecule has 8 nitrogen and oxygen atoms in total. The van der Waals surface area contributed by atoms with Gasteiger partial charge in [0, 0.05) is 24.5 Å². The molecule has 5 rings (SSSR count). The highest BCUT2D eigenvalue weighted by Gasteiger charge is 2.83. The van der Waals surface area contributed by atoms with Crippen LogP contribution in [-0.2, 0) is 33.3 Å². The number of carbonyl (C=O) groups is 2. The van der Waals surface area contributed by atoms with Gasteiger partial charge in [-0.15, -0.1) is 0 Å². The summed E-state index contributed by atoms with van der Waals surface area (Å²) < 4.78 is 30.4. The number of carbonyl (C=O) groups excluding carboxylic acids is 2. The van der Waals surface area contributed by atoms with Crippen LogP contribution in [0.4, 0.5) is 0 Å². The summed E-state index contributed by atoms with van der Waals surface area (Å²) in [5, 5.41) is 10.7. The third-order valence-electron chi connectivity index (χ3n) is 9.41. The summed E-state index contributed by atoms with van der Waals surface area (Å²) >= 11 is 0. The van der Waals surface area contributed by atoms with Crippen molar-refractivity contribution >= 4 is 11.9 Å². The number of allylic oxidation sites excluding steroid dienone is 3. The van der Waals surface area contributed by atoms with Gasteiger partial charge < -0.3 is 28.8 Å². The summed E-state index contributed by atoms with van der Waals surface area (Å²) in [6.45, 7) is 8.85. The summed E-state index contributed by atoms with van der Waals surface area (Å²) in [5.41, 5.74) is -0.649. The van der Waals surface area contributed by atoms with E-state index in [1.165, 1.54) is 11.6 Å². The number of hydrogen-bond acceptors (Lipinski definition) is 8. The van der Waals surface area contributed by atoms with E-state index in [0.29, 0.717) is 32.5 Å². The first-order chi connectivity index (χ1) is 17.1. The zero-order valence-electron chi connectivity index (χ0n) is 21.6. The molecule has 3 aliphatic heterocycles. The Bertz CT molecular complexity index is 980. The van der Waals surface area contributed by atoms with Gasteiger partial charge in [-0.05, 0) is 39.0 Å². The van der Waals surface area contributed by atoms with Crippen LogP contribution in [0.1, 0.15) is 53.4 Å². The minimum Gasteiger partial charge on any atom is -0.463 e. The van der Waals surface area contributed by atoms with Crippen LogP contribution in [0.25, 0.3) is 0 Å². The fourth-order valence-corrected chi connectivity index (χ4v) is 6.84. The number of aliphatic hydroxyl groups is 1. The first-order valence-electron chi connectivity index (χ1n) is 13.1. The Labute approximate surface area is 212 Å². The maximum Gasteiger partial charge on any atom is 0.335 e. The Kier molecular flexibility index (Phi) is 6.69. The molecule has 1 saturated carbocycles. The SMILES string of the molecule is CC1=CC2O[C@@H]3C[C@H]4OC(=O)/C=C\C=C\C(C)OCCC(C)[C@@H](O)C(=O)OC[C@@]2(CC1)[C@]4(C)C31CO1. The standard InChI is InChI=1S/C28H38O8/c1-17-9-11-27-15-33-25(31)24(30)18(2)10-12-32-19(3)7-5-6-8-23(29)36-20-14-22(35-21(27)13-17)28(16-34-28)26(20,27)4/h5-8,13,18-22,24,30H,9-12,14-16H2,1-4H3/b7-5+,8-6-/t18?,19?,20-,21?,22-,24-,26-,27-,28?/m1/s1. The number of epoxide rings is 1. The molecular weight excluding hydrogens is 464 g/mol. The molecule has 0 amide bonds. The maximum absolute atomic E-state index is 13.0. The number of ether oxygens (including phenoxy) is 5. The van der Waals surface area contributed by atoms with Crippen LogP contribution < -0.4 is 0 Å². The van der Waals surface area contributed by atoms with E-state index in [0.717, 1.165) is 6.42 Å². The molecule has 0 aromatic carbocycles. The second-order valence-electron chi connectivity index (χ2n) is 11.4. The van der Waals surface area contributed by atoms with Crippen molar-refractivity contribution in [2.75, 3.05) is 19.8 Å². The summed E-state index contributed by atoms with van der Waals surface area (Å²) in [5.74, 6) is -1.41. The molecule has 2 spiro atoms. The molecular formula is C28H38O8. The normalized spacial score (nSPS) is 49.1. The van der Waals surface area contributed by atoms with Gasteiger partial charge in [0.2, 0.25) is 0 Å². The Balaban J connectivity index is 1.52. The maximum atomic E-state index is 13.0. The lowest BCUT2D eigenvalue weighted by atomic mass is 9.51. The highest BCUT2D eigenvalue weighted by atomic mass is 16.6. The van der Waals surface area contributed by atoms with Crippen molar-refractivity contribution in [3.8, 4) is 0 Å². The molecule has 0 aromatic rings. The zero-order valence-corrected chi connectivity index (χ0v) is 21.6. The molecule has 0 aromatic heterocycles. The highest BCUT2D eigenvalue weighted by Crippen LogP contribution is 2.72. The molecule has 198 valence electrons. The van der Waals surface area contributed by atoms with Crippen molar-refractivity contribution in [1.82, 2.24) is 0 Å². The highest BCUT2D eigenvalue weighted by molar-refractivity contribution is 5.82. The van der Waals surface area contributed by atoms with E-state index in [-0.39, 0.29) is 30.8 Å². The van der Waals surface area contributed by atoms with Crippen LogP contribution in [0.15, 0.2) is 36.0 Å². The molecule has 3 heterocycles. The molecule has 2 saturated heterocycles. The topological polar surface area (TPSA) is 104 Å². The Morgan fingerprint density at radius 2 is 1.89 bits per heavy atom. The number of esters is 2. The zero-order chi connectivity index (χ0) is 25.7. The van der Waals surface area contributed by atoms with Gasteiger partial charge >= 0.3 is 11.9 Å². The summed E-state index contributed by atoms with van der Waals surface area (Å²) in [6.07, 6.45) is 8.93. The number of aliphatic hydroxyl groups excluding tert-OH is 1. The first kappa shape index (κ1) is 25.6. The van der Waals surface area contributed by atoms with Crippen LogP contribution >= 0.6 is 0 Å². The average Bonchev–Trinajstić information content (AvgIpc) is 3.62. The van der Waals surface area contributed by atoms with E-state index in [4.69, 9.17) is 23.7 Å². The van der Waals surface area contributed by atoms with Gasteiger partial charge in [-0.25, -0.2) is 9.59 Å². The molecule has 5 aliphatic rings. The molecule has 8 heteroatoms. The van der Waals surface area contributed by atoms with Crippen LogP contribution in [0.2, 0.25) is 0 Å². The van der Waals surface area contributed by atoms with Gasteiger partial charge in [0.05, 0.1) is 30.3 Å². The van der Waals surface area contributed by atoms with E-state index in [1.807, 2.05) is 19.9 Å². The van der Waals surface area contributed by atoms with E-state index in [2.05, 4.69) is 19.9 Å². The molecule has 0 radical (unpaired) electrons.